The molecule has 5 N–H and O–H groups in total. The van der Waals surface area contributed by atoms with Crippen molar-refractivity contribution in [2.45, 2.75) is 26.3 Å². The Morgan fingerprint density at radius 1 is 1.18 bits per heavy atom. The highest BCUT2D eigenvalue weighted by molar-refractivity contribution is 6.02. The van der Waals surface area contributed by atoms with Crippen LogP contribution in [0.5, 0.6) is 5.75 Å². The molecular weight excluding hydrogens is 432 g/mol. The molecular formula is C21H30N6O6. The number of hydrogen-bond acceptors (Lipinski definition) is 8. The van der Waals surface area contributed by atoms with Crippen molar-refractivity contribution >= 4 is 29.1 Å². The van der Waals surface area contributed by atoms with Gasteiger partial charge in [-0.25, -0.2) is 9.59 Å². The van der Waals surface area contributed by atoms with E-state index in [-0.39, 0.29) is 31.2 Å². The van der Waals surface area contributed by atoms with Crippen molar-refractivity contribution in [3.63, 3.8) is 0 Å². The number of benzene rings is 1. The van der Waals surface area contributed by atoms with Gasteiger partial charge in [0.2, 0.25) is 5.91 Å². The number of aromatic nitrogens is 2. The Labute approximate surface area is 190 Å². The lowest BCUT2D eigenvalue weighted by Gasteiger charge is -2.25. The lowest BCUT2D eigenvalue weighted by molar-refractivity contribution is -0.118. The van der Waals surface area contributed by atoms with Crippen LogP contribution in [0, 0.1) is 0 Å². The largest absolute Gasteiger partial charge is 0.497 e. The van der Waals surface area contributed by atoms with E-state index in [1.165, 1.54) is 23.7 Å². The molecule has 1 aromatic heterocycles. The molecule has 0 unspecified atom stereocenters. The van der Waals surface area contributed by atoms with Gasteiger partial charge in [0.05, 0.1) is 20.3 Å². The van der Waals surface area contributed by atoms with E-state index >= 15 is 0 Å². The van der Waals surface area contributed by atoms with Crippen LogP contribution in [0.25, 0.3) is 0 Å². The molecule has 0 spiro atoms. The summed E-state index contributed by atoms with van der Waals surface area (Å²) in [5.74, 6) is -0.111. The van der Waals surface area contributed by atoms with Crippen molar-refractivity contribution in [3.8, 4) is 5.75 Å². The number of nitrogens with zero attached hydrogens (tertiary/aromatic N) is 2. The number of urea groups is 1. The Bertz CT molecular complexity index is 1060. The number of unbranched alkanes of at least 4 members (excludes halogenated alkanes) is 1. The Balaban J connectivity index is 2.18. The van der Waals surface area contributed by atoms with Crippen molar-refractivity contribution < 1.29 is 19.1 Å². The van der Waals surface area contributed by atoms with E-state index in [0.29, 0.717) is 24.4 Å². The first-order chi connectivity index (χ1) is 15.8. The standard InChI is InChI=1S/C21H30N6O6/c1-4-5-10-27-18(22)17(19(29)25-21(27)31)26(11-12-32-2)13-16(28)24-20(30)23-14-6-8-15(33-3)9-7-14/h6-9H,4-5,10-13,22H2,1-3H3,(H,25,29,31)(H2,23,24,28,30). The summed E-state index contributed by atoms with van der Waals surface area (Å²) < 4.78 is 11.4. The Kier molecular flexibility index (Phi) is 9.48. The van der Waals surface area contributed by atoms with Gasteiger partial charge < -0.3 is 25.4 Å². The van der Waals surface area contributed by atoms with Gasteiger partial charge >= 0.3 is 11.7 Å². The molecule has 0 fully saturated rings. The van der Waals surface area contributed by atoms with Crippen molar-refractivity contribution in [2.75, 3.05) is 49.9 Å². The summed E-state index contributed by atoms with van der Waals surface area (Å²) in [5, 5.41) is 4.74. The number of rotatable bonds is 11. The molecule has 0 aliphatic carbocycles. The fourth-order valence-electron chi connectivity index (χ4n) is 3.07. The maximum atomic E-state index is 12.5. The summed E-state index contributed by atoms with van der Waals surface area (Å²) in [6, 6.07) is 5.81. The molecule has 2 aromatic rings. The number of imide groups is 1. The number of amides is 3. The van der Waals surface area contributed by atoms with Gasteiger partial charge in [-0.3, -0.25) is 24.5 Å². The third-order valence-electron chi connectivity index (χ3n) is 4.77. The van der Waals surface area contributed by atoms with E-state index in [1.54, 1.807) is 24.3 Å². The highest BCUT2D eigenvalue weighted by atomic mass is 16.5. The summed E-state index contributed by atoms with van der Waals surface area (Å²) in [6.07, 6.45) is 1.50. The molecule has 1 aromatic carbocycles. The van der Waals surface area contributed by atoms with Gasteiger partial charge in [-0.1, -0.05) is 13.3 Å². The first-order valence-electron chi connectivity index (χ1n) is 10.4. The lowest BCUT2D eigenvalue weighted by Crippen LogP contribution is -2.46. The molecule has 12 heteroatoms. The van der Waals surface area contributed by atoms with Crippen LogP contribution >= 0.6 is 0 Å². The molecule has 3 amide bonds. The SMILES string of the molecule is CCCCn1c(N)c(N(CCOC)CC(=O)NC(=O)Nc2ccc(OC)cc2)c(=O)[nH]c1=O. The molecule has 1 heterocycles. The lowest BCUT2D eigenvalue weighted by atomic mass is 10.3. The zero-order chi connectivity index (χ0) is 24.4. The van der Waals surface area contributed by atoms with Gasteiger partial charge in [-0.05, 0) is 30.7 Å². The number of methoxy groups -OCH3 is 2. The number of carbonyl (C=O) groups excluding carboxylic acids is 2. The first-order valence-corrected chi connectivity index (χ1v) is 10.4. The van der Waals surface area contributed by atoms with Crippen LogP contribution in [0.2, 0.25) is 0 Å². The summed E-state index contributed by atoms with van der Waals surface area (Å²) in [7, 11) is 2.99. The van der Waals surface area contributed by atoms with Gasteiger partial charge in [0, 0.05) is 25.9 Å². The molecule has 0 aliphatic rings. The second kappa shape index (κ2) is 12.3. The number of nitrogen functional groups attached to an aromatic ring is 1. The number of anilines is 3. The molecule has 0 bridgehead atoms. The van der Waals surface area contributed by atoms with Crippen LogP contribution in [0.3, 0.4) is 0 Å². The van der Waals surface area contributed by atoms with Gasteiger partial charge in [0.15, 0.2) is 0 Å². The second-order valence-electron chi connectivity index (χ2n) is 7.14. The minimum atomic E-state index is -0.744. The predicted molar refractivity (Wildman–Crippen MR) is 125 cm³/mol. The smallest absolute Gasteiger partial charge is 0.330 e. The number of ether oxygens (including phenoxy) is 2. The number of nitrogens with one attached hydrogen (secondary N) is 3. The molecule has 0 radical (unpaired) electrons. The van der Waals surface area contributed by atoms with E-state index in [4.69, 9.17) is 15.2 Å². The molecule has 0 saturated carbocycles. The van der Waals surface area contributed by atoms with Crippen LogP contribution in [-0.4, -0.2) is 55.4 Å². The van der Waals surface area contributed by atoms with Crippen LogP contribution < -0.4 is 37.3 Å². The number of H-pyrrole nitrogens is 1. The fourth-order valence-corrected chi connectivity index (χ4v) is 3.07. The van der Waals surface area contributed by atoms with E-state index < -0.39 is 23.2 Å². The number of carbonyl (C=O) groups is 2. The number of hydrogen-bond donors (Lipinski definition) is 4. The summed E-state index contributed by atoms with van der Waals surface area (Å²) >= 11 is 0. The molecule has 33 heavy (non-hydrogen) atoms. The van der Waals surface area contributed by atoms with E-state index in [2.05, 4.69) is 15.6 Å². The minimum absolute atomic E-state index is 0.0338. The zero-order valence-corrected chi connectivity index (χ0v) is 19.0. The Morgan fingerprint density at radius 2 is 1.88 bits per heavy atom. The third-order valence-corrected chi connectivity index (χ3v) is 4.77. The maximum Gasteiger partial charge on any atom is 0.330 e. The van der Waals surface area contributed by atoms with Crippen LogP contribution in [0.4, 0.5) is 22.0 Å². The highest BCUT2D eigenvalue weighted by Crippen LogP contribution is 2.17. The van der Waals surface area contributed by atoms with Gasteiger partial charge in [0.1, 0.15) is 17.3 Å². The molecule has 180 valence electrons. The molecule has 12 nitrogen and oxygen atoms in total. The van der Waals surface area contributed by atoms with Gasteiger partial charge in [0.25, 0.3) is 5.56 Å². The van der Waals surface area contributed by atoms with Crippen molar-refractivity contribution in [1.29, 1.82) is 0 Å². The monoisotopic (exact) mass is 462 g/mol. The average Bonchev–Trinajstić information content (AvgIpc) is 2.77. The quantitative estimate of drug-likeness (QED) is 0.380. The molecule has 0 aliphatic heterocycles. The molecule has 2 rings (SSSR count). The fraction of sp³-hybridized carbons (Fsp3) is 0.429. The molecule has 0 saturated heterocycles. The van der Waals surface area contributed by atoms with Gasteiger partial charge in [-0.15, -0.1) is 0 Å². The van der Waals surface area contributed by atoms with Crippen LogP contribution in [-0.2, 0) is 16.1 Å². The third kappa shape index (κ3) is 7.10. The Hall–Kier alpha value is -3.80. The molecule has 0 atom stereocenters. The average molecular weight is 463 g/mol. The maximum absolute atomic E-state index is 12.5. The number of aromatic amines is 1. The van der Waals surface area contributed by atoms with E-state index in [9.17, 15) is 19.2 Å². The summed E-state index contributed by atoms with van der Waals surface area (Å²) in [5.41, 5.74) is 5.22. The predicted octanol–water partition coefficient (Wildman–Crippen LogP) is 0.729. The second-order valence-corrected chi connectivity index (χ2v) is 7.14. The van der Waals surface area contributed by atoms with E-state index in [1.807, 2.05) is 6.92 Å². The van der Waals surface area contributed by atoms with Gasteiger partial charge in [-0.2, -0.15) is 0 Å². The number of nitrogens with two attached hydrogens (primary N) is 1. The minimum Gasteiger partial charge on any atom is -0.497 e. The highest BCUT2D eigenvalue weighted by Gasteiger charge is 2.22. The normalized spacial score (nSPS) is 10.5. The van der Waals surface area contributed by atoms with Crippen molar-refractivity contribution in [2.24, 2.45) is 0 Å². The topological polar surface area (TPSA) is 161 Å². The van der Waals surface area contributed by atoms with Crippen LogP contribution in [0.1, 0.15) is 19.8 Å². The Morgan fingerprint density at radius 3 is 2.48 bits per heavy atom. The summed E-state index contributed by atoms with van der Waals surface area (Å²) in [6.45, 7) is 2.22. The summed E-state index contributed by atoms with van der Waals surface area (Å²) in [4.78, 5) is 53.1. The van der Waals surface area contributed by atoms with Crippen molar-refractivity contribution in [1.82, 2.24) is 14.9 Å². The first kappa shape index (κ1) is 25.5. The van der Waals surface area contributed by atoms with Crippen molar-refractivity contribution in [3.05, 3.63) is 45.1 Å². The zero-order valence-electron chi connectivity index (χ0n) is 19.0. The van der Waals surface area contributed by atoms with Crippen LogP contribution in [0.15, 0.2) is 33.9 Å². The van der Waals surface area contributed by atoms with E-state index in [0.717, 1.165) is 6.42 Å².